The highest BCUT2D eigenvalue weighted by Crippen LogP contribution is 2.41. The van der Waals surface area contributed by atoms with Gasteiger partial charge in [-0.25, -0.2) is 0 Å². The quantitative estimate of drug-likeness (QED) is 0.391. The number of carbonyl (C=O) groups is 1. The molecule has 1 amide bonds. The highest BCUT2D eigenvalue weighted by Gasteiger charge is 2.29. The molecule has 0 aliphatic heterocycles. The van der Waals surface area contributed by atoms with Crippen LogP contribution >= 0.6 is 12.4 Å². The van der Waals surface area contributed by atoms with Gasteiger partial charge >= 0.3 is 0 Å². The maximum Gasteiger partial charge on any atom is 0.233 e. The van der Waals surface area contributed by atoms with Crippen molar-refractivity contribution in [2.24, 2.45) is 11.7 Å². The number of aromatic nitrogens is 1. The molecule has 4 N–H and O–H groups in total. The first-order valence-electron chi connectivity index (χ1n) is 11.6. The molecule has 2 unspecified atom stereocenters. The zero-order valence-corrected chi connectivity index (χ0v) is 22.1. The summed E-state index contributed by atoms with van der Waals surface area (Å²) in [4.78, 5) is 18.0. The number of nitrogens with two attached hydrogens (primary N) is 1. The van der Waals surface area contributed by atoms with Crippen molar-refractivity contribution in [1.29, 1.82) is 0 Å². The van der Waals surface area contributed by atoms with Crippen molar-refractivity contribution in [3.63, 3.8) is 0 Å². The van der Waals surface area contributed by atoms with E-state index in [0.717, 1.165) is 29.7 Å². The zero-order valence-electron chi connectivity index (χ0n) is 21.2. The molecule has 0 bridgehead atoms. The van der Waals surface area contributed by atoms with Gasteiger partial charge in [0.25, 0.3) is 0 Å². The number of halogens is 1. The summed E-state index contributed by atoms with van der Waals surface area (Å²) in [5.41, 5.74) is 8.29. The summed E-state index contributed by atoms with van der Waals surface area (Å²) in [6.45, 7) is 15.2. The van der Waals surface area contributed by atoms with E-state index in [1.807, 2.05) is 30.3 Å². The van der Waals surface area contributed by atoms with Crippen LogP contribution in [0.1, 0.15) is 90.5 Å². The summed E-state index contributed by atoms with van der Waals surface area (Å²) >= 11 is 0. The van der Waals surface area contributed by atoms with Crippen LogP contribution in [-0.2, 0) is 15.6 Å². The standard InChI is InChI=1S/C27H41N3O2.ClH/c1-18(11-10-13-28)15-20(23-12-8-9-14-29-23)25(32)30-19-16-21(26(2,3)4)24(31)22(17-19)27(5,6)7;/h8-9,12,14,16-18,20,31H,10-11,13,15,28H2,1-7H3,(H,30,32);1H. The number of hydrogen-bond donors (Lipinski definition) is 3. The summed E-state index contributed by atoms with van der Waals surface area (Å²) in [5, 5.41) is 14.1. The lowest BCUT2D eigenvalue weighted by Crippen LogP contribution is -2.25. The number of nitrogens with one attached hydrogen (secondary N) is 1. The molecule has 2 atom stereocenters. The molecule has 0 aliphatic carbocycles. The molecule has 1 aromatic carbocycles. The van der Waals surface area contributed by atoms with Crippen LogP contribution in [0.2, 0.25) is 0 Å². The van der Waals surface area contributed by atoms with Crippen LogP contribution in [0.15, 0.2) is 36.5 Å². The van der Waals surface area contributed by atoms with Gasteiger partial charge < -0.3 is 16.2 Å². The van der Waals surface area contributed by atoms with Crippen molar-refractivity contribution >= 4 is 24.0 Å². The van der Waals surface area contributed by atoms with E-state index in [-0.39, 0.29) is 35.1 Å². The normalized spacial score (nSPS) is 13.7. The topological polar surface area (TPSA) is 88.2 Å². The maximum atomic E-state index is 13.5. The SMILES string of the molecule is CC(CCCN)CC(C(=O)Nc1cc(C(C)(C)C)c(O)c(C(C)(C)C)c1)c1ccccn1.Cl. The van der Waals surface area contributed by atoms with Gasteiger partial charge in [-0.1, -0.05) is 54.5 Å². The van der Waals surface area contributed by atoms with Crippen LogP contribution in [-0.4, -0.2) is 22.5 Å². The summed E-state index contributed by atoms with van der Waals surface area (Å²) in [6, 6.07) is 9.49. The van der Waals surface area contributed by atoms with Crippen molar-refractivity contribution < 1.29 is 9.90 Å². The Balaban J connectivity index is 0.00000544. The first-order valence-corrected chi connectivity index (χ1v) is 11.6. The Morgan fingerprint density at radius 2 is 1.67 bits per heavy atom. The van der Waals surface area contributed by atoms with Crippen molar-refractivity contribution in [3.8, 4) is 5.75 Å². The predicted octanol–water partition coefficient (Wildman–Crippen LogP) is 6.29. The molecule has 184 valence electrons. The molecule has 6 heteroatoms. The summed E-state index contributed by atoms with van der Waals surface area (Å²) < 4.78 is 0. The van der Waals surface area contributed by atoms with Crippen molar-refractivity contribution in [1.82, 2.24) is 4.98 Å². The van der Waals surface area contributed by atoms with Crippen molar-refractivity contribution in [2.45, 2.75) is 84.5 Å². The molecule has 2 aromatic rings. The van der Waals surface area contributed by atoms with Crippen LogP contribution in [0, 0.1) is 5.92 Å². The zero-order chi connectivity index (χ0) is 24.1. The molecule has 0 aliphatic rings. The number of phenols is 1. The number of anilines is 1. The second-order valence-corrected chi connectivity index (χ2v) is 11.0. The van der Waals surface area contributed by atoms with E-state index >= 15 is 0 Å². The fourth-order valence-electron chi connectivity index (χ4n) is 4.01. The van der Waals surface area contributed by atoms with Crippen LogP contribution in [0.5, 0.6) is 5.75 Å². The molecule has 33 heavy (non-hydrogen) atoms. The first-order chi connectivity index (χ1) is 14.8. The Bertz CT molecular complexity index is 867. The third kappa shape index (κ3) is 8.01. The molecule has 0 fully saturated rings. The van der Waals surface area contributed by atoms with E-state index in [9.17, 15) is 9.90 Å². The first kappa shape index (κ1) is 28.9. The van der Waals surface area contributed by atoms with Gasteiger partial charge in [0.1, 0.15) is 5.75 Å². The molecule has 0 saturated heterocycles. The van der Waals surface area contributed by atoms with Gasteiger partial charge in [0.2, 0.25) is 5.91 Å². The van der Waals surface area contributed by atoms with Gasteiger partial charge in [-0.2, -0.15) is 0 Å². The molecule has 0 saturated carbocycles. The van der Waals surface area contributed by atoms with E-state index in [2.05, 4.69) is 58.8 Å². The number of carbonyl (C=O) groups excluding carboxylic acids is 1. The highest BCUT2D eigenvalue weighted by atomic mass is 35.5. The third-order valence-corrected chi connectivity index (χ3v) is 5.89. The Kier molecular flexibility index (Phi) is 10.4. The minimum absolute atomic E-state index is 0. The Hall–Kier alpha value is -2.11. The maximum absolute atomic E-state index is 13.5. The molecular formula is C27H42ClN3O2. The Labute approximate surface area is 206 Å². The molecule has 0 radical (unpaired) electrons. The van der Waals surface area contributed by atoms with Gasteiger partial charge in [0.15, 0.2) is 0 Å². The number of hydrogen-bond acceptors (Lipinski definition) is 4. The fourth-order valence-corrected chi connectivity index (χ4v) is 4.01. The number of phenolic OH excluding ortho intramolecular Hbond substituents is 1. The lowest BCUT2D eigenvalue weighted by molar-refractivity contribution is -0.118. The van der Waals surface area contributed by atoms with Gasteiger partial charge in [-0.05, 0) is 66.8 Å². The highest BCUT2D eigenvalue weighted by molar-refractivity contribution is 5.96. The number of rotatable bonds is 8. The van der Waals surface area contributed by atoms with E-state index in [0.29, 0.717) is 30.3 Å². The minimum atomic E-state index is -0.353. The van der Waals surface area contributed by atoms with Crippen LogP contribution in [0.4, 0.5) is 5.69 Å². The summed E-state index contributed by atoms with van der Waals surface area (Å²) in [6.07, 6.45) is 4.36. The van der Waals surface area contributed by atoms with Crippen molar-refractivity contribution in [3.05, 3.63) is 53.3 Å². The van der Waals surface area contributed by atoms with Gasteiger partial charge in [-0.15, -0.1) is 12.4 Å². The summed E-state index contributed by atoms with van der Waals surface area (Å²) in [5.74, 6) is 0.230. The fraction of sp³-hybridized carbons (Fsp3) is 0.556. The second kappa shape index (κ2) is 11.8. The number of aromatic hydroxyl groups is 1. The molecule has 1 heterocycles. The molecule has 1 aromatic heterocycles. The summed E-state index contributed by atoms with van der Waals surface area (Å²) in [7, 11) is 0. The predicted molar refractivity (Wildman–Crippen MR) is 140 cm³/mol. The van der Waals surface area contributed by atoms with Crippen LogP contribution in [0.3, 0.4) is 0 Å². The van der Waals surface area contributed by atoms with Gasteiger partial charge in [-0.3, -0.25) is 9.78 Å². The number of benzene rings is 1. The van der Waals surface area contributed by atoms with E-state index in [1.54, 1.807) is 6.20 Å². The Morgan fingerprint density at radius 1 is 1.09 bits per heavy atom. The smallest absolute Gasteiger partial charge is 0.233 e. The second-order valence-electron chi connectivity index (χ2n) is 11.0. The lowest BCUT2D eigenvalue weighted by atomic mass is 9.79. The van der Waals surface area contributed by atoms with E-state index in [1.165, 1.54) is 0 Å². The van der Waals surface area contributed by atoms with Gasteiger partial charge in [0.05, 0.1) is 11.6 Å². The minimum Gasteiger partial charge on any atom is -0.507 e. The van der Waals surface area contributed by atoms with Gasteiger partial charge in [0, 0.05) is 23.0 Å². The van der Waals surface area contributed by atoms with E-state index in [4.69, 9.17) is 5.73 Å². The average Bonchev–Trinajstić information content (AvgIpc) is 2.70. The Morgan fingerprint density at radius 3 is 2.12 bits per heavy atom. The van der Waals surface area contributed by atoms with Crippen LogP contribution < -0.4 is 11.1 Å². The monoisotopic (exact) mass is 475 g/mol. The molecule has 5 nitrogen and oxygen atoms in total. The largest absolute Gasteiger partial charge is 0.507 e. The third-order valence-electron chi connectivity index (χ3n) is 5.89. The number of nitrogens with zero attached hydrogens (tertiary/aromatic N) is 1. The van der Waals surface area contributed by atoms with Crippen LogP contribution in [0.25, 0.3) is 0 Å². The van der Waals surface area contributed by atoms with E-state index < -0.39 is 0 Å². The lowest BCUT2D eigenvalue weighted by Gasteiger charge is -2.28. The molecular weight excluding hydrogens is 434 g/mol. The number of amides is 1. The van der Waals surface area contributed by atoms with Crippen molar-refractivity contribution in [2.75, 3.05) is 11.9 Å². The average molecular weight is 476 g/mol. The number of pyridine rings is 1. The molecule has 0 spiro atoms. The molecule has 2 rings (SSSR count).